The van der Waals surface area contributed by atoms with Crippen LogP contribution in [0.25, 0.3) is 0 Å². The third-order valence-electron chi connectivity index (χ3n) is 2.04. The number of carbonyl (C=O) groups is 1. The summed E-state index contributed by atoms with van der Waals surface area (Å²) >= 11 is 5.71. The lowest BCUT2D eigenvalue weighted by Crippen LogP contribution is -2.10. The number of benzene rings is 1. The van der Waals surface area contributed by atoms with Gasteiger partial charge in [0.25, 0.3) is 0 Å². The number of ketones is 1. The second kappa shape index (κ2) is 4.47. The molecular weight excluding hydrogens is 200 g/mol. The standard InChI is InChI=1S/C11H13ClO2/c1-7-6-9(11(13)8(2)12)4-5-10(7)14-3/h4-6,8H,1-3H3. The van der Waals surface area contributed by atoms with Crippen molar-refractivity contribution in [2.24, 2.45) is 0 Å². The summed E-state index contributed by atoms with van der Waals surface area (Å²) < 4.78 is 5.10. The first-order valence-corrected chi connectivity index (χ1v) is 4.83. The van der Waals surface area contributed by atoms with Crippen LogP contribution >= 0.6 is 11.6 Å². The summed E-state index contributed by atoms with van der Waals surface area (Å²) in [5.74, 6) is 0.723. The quantitative estimate of drug-likeness (QED) is 0.569. The minimum absolute atomic E-state index is 0.0579. The molecule has 0 fully saturated rings. The molecule has 0 amide bonds. The zero-order valence-electron chi connectivity index (χ0n) is 8.50. The normalized spacial score (nSPS) is 12.3. The van der Waals surface area contributed by atoms with E-state index in [1.165, 1.54) is 0 Å². The van der Waals surface area contributed by atoms with Crippen molar-refractivity contribution in [1.29, 1.82) is 0 Å². The molecule has 0 aliphatic carbocycles. The molecule has 0 saturated heterocycles. The second-order valence-corrected chi connectivity index (χ2v) is 3.82. The van der Waals surface area contributed by atoms with Gasteiger partial charge in [-0.3, -0.25) is 4.79 Å². The van der Waals surface area contributed by atoms with Gasteiger partial charge in [-0.05, 0) is 37.6 Å². The molecule has 1 aromatic carbocycles. The smallest absolute Gasteiger partial charge is 0.180 e. The highest BCUT2D eigenvalue weighted by Crippen LogP contribution is 2.19. The average molecular weight is 213 g/mol. The van der Waals surface area contributed by atoms with E-state index in [2.05, 4.69) is 0 Å². The second-order valence-electron chi connectivity index (χ2n) is 3.16. The molecule has 0 aromatic heterocycles. The number of Topliss-reactive ketones (excluding diaryl/α,β-unsaturated/α-hetero) is 1. The number of aryl methyl sites for hydroxylation is 1. The molecule has 1 aromatic rings. The molecule has 76 valence electrons. The topological polar surface area (TPSA) is 26.3 Å². The highest BCUT2D eigenvalue weighted by molar-refractivity contribution is 6.33. The van der Waals surface area contributed by atoms with Crippen LogP contribution in [0.5, 0.6) is 5.75 Å². The third-order valence-corrected chi connectivity index (χ3v) is 2.24. The summed E-state index contributed by atoms with van der Waals surface area (Å²) in [5.41, 5.74) is 1.57. The molecule has 2 nitrogen and oxygen atoms in total. The van der Waals surface area contributed by atoms with Gasteiger partial charge in [-0.2, -0.15) is 0 Å². The lowest BCUT2D eigenvalue weighted by Gasteiger charge is -2.07. The molecule has 0 heterocycles. The minimum Gasteiger partial charge on any atom is -0.496 e. The summed E-state index contributed by atoms with van der Waals surface area (Å²) in [6.07, 6.45) is 0. The maximum atomic E-state index is 11.5. The number of hydrogen-bond acceptors (Lipinski definition) is 2. The summed E-state index contributed by atoms with van der Waals surface area (Å²) in [7, 11) is 1.61. The largest absolute Gasteiger partial charge is 0.496 e. The van der Waals surface area contributed by atoms with Crippen LogP contribution in [0, 0.1) is 6.92 Å². The van der Waals surface area contributed by atoms with E-state index in [1.807, 2.05) is 6.92 Å². The fourth-order valence-electron chi connectivity index (χ4n) is 1.26. The highest BCUT2D eigenvalue weighted by Gasteiger charge is 2.12. The number of ether oxygens (including phenoxy) is 1. The van der Waals surface area contributed by atoms with Crippen LogP contribution in [-0.4, -0.2) is 18.3 Å². The van der Waals surface area contributed by atoms with Gasteiger partial charge in [-0.25, -0.2) is 0 Å². The molecule has 1 unspecified atom stereocenters. The molecular formula is C11H13ClO2. The Balaban J connectivity index is 3.03. The SMILES string of the molecule is COc1ccc(C(=O)C(C)Cl)cc1C. The molecule has 1 rings (SSSR count). The predicted octanol–water partition coefficient (Wildman–Crippen LogP) is 2.81. The summed E-state index contributed by atoms with van der Waals surface area (Å²) in [6.45, 7) is 3.57. The number of carbonyl (C=O) groups excluding carboxylic acids is 1. The van der Waals surface area contributed by atoms with Crippen LogP contribution in [0.1, 0.15) is 22.8 Å². The lowest BCUT2D eigenvalue weighted by atomic mass is 10.1. The molecule has 3 heteroatoms. The molecule has 0 aliphatic rings. The number of rotatable bonds is 3. The Morgan fingerprint density at radius 3 is 2.57 bits per heavy atom. The maximum absolute atomic E-state index is 11.5. The Morgan fingerprint density at radius 1 is 1.50 bits per heavy atom. The molecule has 0 saturated carbocycles. The summed E-state index contributed by atoms with van der Waals surface area (Å²) in [5, 5.41) is -0.484. The number of methoxy groups -OCH3 is 1. The summed E-state index contributed by atoms with van der Waals surface area (Å²) in [4.78, 5) is 11.5. The third kappa shape index (κ3) is 2.26. The van der Waals surface area contributed by atoms with E-state index in [-0.39, 0.29) is 5.78 Å². The Labute approximate surface area is 88.8 Å². The number of halogens is 1. The van der Waals surface area contributed by atoms with Crippen LogP contribution in [0.4, 0.5) is 0 Å². The van der Waals surface area contributed by atoms with Gasteiger partial charge < -0.3 is 4.74 Å². The van der Waals surface area contributed by atoms with Gasteiger partial charge in [-0.1, -0.05) is 0 Å². The van der Waals surface area contributed by atoms with E-state index in [1.54, 1.807) is 32.2 Å². The van der Waals surface area contributed by atoms with Crippen molar-refractivity contribution < 1.29 is 9.53 Å². The minimum atomic E-state index is -0.484. The van der Waals surface area contributed by atoms with Gasteiger partial charge >= 0.3 is 0 Å². The van der Waals surface area contributed by atoms with Crippen LogP contribution in [0.3, 0.4) is 0 Å². The van der Waals surface area contributed by atoms with E-state index in [0.717, 1.165) is 11.3 Å². The van der Waals surface area contributed by atoms with E-state index in [0.29, 0.717) is 5.56 Å². The van der Waals surface area contributed by atoms with Crippen LogP contribution in [-0.2, 0) is 0 Å². The van der Waals surface area contributed by atoms with Gasteiger partial charge in [0.05, 0.1) is 12.5 Å². The average Bonchev–Trinajstić information content (AvgIpc) is 2.16. The van der Waals surface area contributed by atoms with Crippen molar-refractivity contribution in [3.63, 3.8) is 0 Å². The molecule has 0 bridgehead atoms. The van der Waals surface area contributed by atoms with Crippen molar-refractivity contribution in [3.05, 3.63) is 29.3 Å². The first-order chi connectivity index (χ1) is 6.56. The van der Waals surface area contributed by atoms with E-state index in [9.17, 15) is 4.79 Å². The Morgan fingerprint density at radius 2 is 2.14 bits per heavy atom. The zero-order valence-corrected chi connectivity index (χ0v) is 9.26. The molecule has 0 aliphatic heterocycles. The maximum Gasteiger partial charge on any atom is 0.180 e. The molecule has 0 N–H and O–H groups in total. The number of hydrogen-bond donors (Lipinski definition) is 0. The van der Waals surface area contributed by atoms with Gasteiger partial charge in [0.15, 0.2) is 5.78 Å². The fourth-order valence-corrected chi connectivity index (χ4v) is 1.39. The lowest BCUT2D eigenvalue weighted by molar-refractivity contribution is 0.0991. The van der Waals surface area contributed by atoms with Crippen molar-refractivity contribution in [2.45, 2.75) is 19.2 Å². The molecule has 1 atom stereocenters. The van der Waals surface area contributed by atoms with E-state index >= 15 is 0 Å². The Kier molecular flexibility index (Phi) is 3.53. The Hall–Kier alpha value is -1.02. The van der Waals surface area contributed by atoms with Gasteiger partial charge in [0, 0.05) is 5.56 Å². The molecule has 0 spiro atoms. The van der Waals surface area contributed by atoms with E-state index in [4.69, 9.17) is 16.3 Å². The van der Waals surface area contributed by atoms with Crippen molar-refractivity contribution in [2.75, 3.05) is 7.11 Å². The van der Waals surface area contributed by atoms with Crippen molar-refractivity contribution in [1.82, 2.24) is 0 Å². The fraction of sp³-hybridized carbons (Fsp3) is 0.364. The first-order valence-electron chi connectivity index (χ1n) is 4.39. The molecule has 14 heavy (non-hydrogen) atoms. The molecule has 0 radical (unpaired) electrons. The van der Waals surface area contributed by atoms with Crippen molar-refractivity contribution >= 4 is 17.4 Å². The zero-order chi connectivity index (χ0) is 10.7. The van der Waals surface area contributed by atoms with Crippen LogP contribution in [0.15, 0.2) is 18.2 Å². The Bertz CT molecular complexity index is 345. The van der Waals surface area contributed by atoms with Gasteiger partial charge in [0.2, 0.25) is 0 Å². The van der Waals surface area contributed by atoms with E-state index < -0.39 is 5.38 Å². The number of alkyl halides is 1. The van der Waals surface area contributed by atoms with Crippen LogP contribution in [0.2, 0.25) is 0 Å². The highest BCUT2D eigenvalue weighted by atomic mass is 35.5. The van der Waals surface area contributed by atoms with Crippen molar-refractivity contribution in [3.8, 4) is 5.75 Å². The monoisotopic (exact) mass is 212 g/mol. The van der Waals surface area contributed by atoms with Gasteiger partial charge in [-0.15, -0.1) is 11.6 Å². The first kappa shape index (κ1) is 11.1. The predicted molar refractivity (Wildman–Crippen MR) is 57.4 cm³/mol. The van der Waals surface area contributed by atoms with Gasteiger partial charge in [0.1, 0.15) is 5.75 Å². The summed E-state index contributed by atoms with van der Waals surface area (Å²) in [6, 6.07) is 5.30. The van der Waals surface area contributed by atoms with Crippen LogP contribution < -0.4 is 4.74 Å².